The van der Waals surface area contributed by atoms with Crippen molar-refractivity contribution < 1.29 is 9.90 Å². The number of aryl methyl sites for hydroxylation is 1. The standard InChI is InChI=1S/C18H17Cl2N3O2/c1-10-15(18(2,3)25)23-9-5-8-13(16(23)21-10)22-17(24)14-11(19)6-4-7-12(14)20/h4-9,25H,1-3H3,(H,22,24). The van der Waals surface area contributed by atoms with Gasteiger partial charge in [0.2, 0.25) is 0 Å². The average Bonchev–Trinajstić information content (AvgIpc) is 2.84. The Balaban J connectivity index is 2.07. The van der Waals surface area contributed by atoms with Crippen LogP contribution in [0.4, 0.5) is 5.69 Å². The summed E-state index contributed by atoms with van der Waals surface area (Å²) in [5, 5.41) is 13.7. The van der Waals surface area contributed by atoms with Crippen molar-refractivity contribution in [1.29, 1.82) is 0 Å². The molecule has 0 saturated heterocycles. The van der Waals surface area contributed by atoms with E-state index < -0.39 is 11.5 Å². The van der Waals surface area contributed by atoms with Gasteiger partial charge in [-0.2, -0.15) is 0 Å². The summed E-state index contributed by atoms with van der Waals surface area (Å²) in [5.41, 5.74) is 1.52. The molecule has 3 aromatic rings. The number of pyridine rings is 1. The van der Waals surface area contributed by atoms with Gasteiger partial charge in [-0.1, -0.05) is 29.3 Å². The molecule has 0 unspecified atom stereocenters. The first kappa shape index (κ1) is 17.7. The van der Waals surface area contributed by atoms with Crippen molar-refractivity contribution in [3.8, 4) is 0 Å². The van der Waals surface area contributed by atoms with Crippen LogP contribution in [-0.2, 0) is 5.60 Å². The van der Waals surface area contributed by atoms with Crippen molar-refractivity contribution >= 4 is 40.4 Å². The molecule has 5 nitrogen and oxygen atoms in total. The Morgan fingerprint density at radius 2 is 1.84 bits per heavy atom. The Morgan fingerprint density at radius 3 is 2.44 bits per heavy atom. The molecule has 1 amide bonds. The van der Waals surface area contributed by atoms with E-state index in [1.165, 1.54) is 0 Å². The number of anilines is 1. The van der Waals surface area contributed by atoms with Gasteiger partial charge in [-0.05, 0) is 45.0 Å². The fourth-order valence-electron chi connectivity index (χ4n) is 2.92. The summed E-state index contributed by atoms with van der Waals surface area (Å²) in [7, 11) is 0. The van der Waals surface area contributed by atoms with Gasteiger partial charge in [0, 0.05) is 6.20 Å². The quantitative estimate of drug-likeness (QED) is 0.709. The van der Waals surface area contributed by atoms with Gasteiger partial charge in [-0.3, -0.25) is 9.20 Å². The highest BCUT2D eigenvalue weighted by atomic mass is 35.5. The molecular weight excluding hydrogens is 361 g/mol. The molecule has 0 bridgehead atoms. The molecule has 3 rings (SSSR count). The van der Waals surface area contributed by atoms with Crippen molar-refractivity contribution in [2.75, 3.05) is 5.32 Å². The van der Waals surface area contributed by atoms with Crippen LogP contribution in [0, 0.1) is 6.92 Å². The van der Waals surface area contributed by atoms with Crippen LogP contribution in [0.2, 0.25) is 10.0 Å². The van der Waals surface area contributed by atoms with Crippen LogP contribution < -0.4 is 5.32 Å². The summed E-state index contributed by atoms with van der Waals surface area (Å²) in [5.74, 6) is -0.422. The van der Waals surface area contributed by atoms with Gasteiger partial charge in [0.25, 0.3) is 5.91 Å². The van der Waals surface area contributed by atoms with Crippen LogP contribution >= 0.6 is 23.2 Å². The summed E-state index contributed by atoms with van der Waals surface area (Å²) in [6.07, 6.45) is 1.79. The first-order valence-corrected chi connectivity index (χ1v) is 8.41. The highest BCUT2D eigenvalue weighted by molar-refractivity contribution is 6.40. The zero-order valence-electron chi connectivity index (χ0n) is 14.0. The van der Waals surface area contributed by atoms with Gasteiger partial charge in [-0.15, -0.1) is 0 Å². The van der Waals surface area contributed by atoms with Crippen LogP contribution in [0.25, 0.3) is 5.65 Å². The number of aromatic nitrogens is 2. The maximum Gasteiger partial charge on any atom is 0.258 e. The highest BCUT2D eigenvalue weighted by Gasteiger charge is 2.25. The van der Waals surface area contributed by atoms with Crippen LogP contribution in [-0.4, -0.2) is 20.4 Å². The predicted octanol–water partition coefficient (Wildman–Crippen LogP) is 4.43. The molecule has 0 saturated carbocycles. The van der Waals surface area contributed by atoms with Crippen LogP contribution in [0.3, 0.4) is 0 Å². The number of imidazole rings is 1. The van der Waals surface area contributed by atoms with E-state index in [-0.39, 0.29) is 15.6 Å². The van der Waals surface area contributed by atoms with Crippen LogP contribution in [0.5, 0.6) is 0 Å². The number of nitrogens with one attached hydrogen (secondary N) is 1. The molecule has 2 N–H and O–H groups in total. The molecule has 2 aromatic heterocycles. The minimum atomic E-state index is -1.07. The lowest BCUT2D eigenvalue weighted by molar-refractivity contribution is 0.0722. The molecule has 0 fully saturated rings. The maximum atomic E-state index is 12.6. The fourth-order valence-corrected chi connectivity index (χ4v) is 3.48. The number of hydrogen-bond donors (Lipinski definition) is 2. The summed E-state index contributed by atoms with van der Waals surface area (Å²) in [6, 6.07) is 8.39. The van der Waals surface area contributed by atoms with Gasteiger partial charge in [0.15, 0.2) is 5.65 Å². The lowest BCUT2D eigenvalue weighted by Crippen LogP contribution is -2.19. The van der Waals surface area contributed by atoms with Crippen molar-refractivity contribution in [2.24, 2.45) is 0 Å². The molecular formula is C18H17Cl2N3O2. The molecule has 2 heterocycles. The molecule has 0 atom stereocenters. The number of carbonyl (C=O) groups is 1. The lowest BCUT2D eigenvalue weighted by Gasteiger charge is -2.18. The molecule has 0 aliphatic carbocycles. The molecule has 7 heteroatoms. The van der Waals surface area contributed by atoms with E-state index >= 15 is 0 Å². The molecule has 1 aromatic carbocycles. The van der Waals surface area contributed by atoms with Gasteiger partial charge in [0.1, 0.15) is 5.60 Å². The topological polar surface area (TPSA) is 66.6 Å². The molecule has 130 valence electrons. The smallest absolute Gasteiger partial charge is 0.258 e. The number of nitrogens with zero attached hydrogens (tertiary/aromatic N) is 2. The number of fused-ring (bicyclic) bond motifs is 1. The SMILES string of the molecule is Cc1nc2c(NC(=O)c3c(Cl)cccc3Cl)cccn2c1C(C)(C)O. The van der Waals surface area contributed by atoms with E-state index in [1.807, 2.05) is 6.92 Å². The largest absolute Gasteiger partial charge is 0.384 e. The molecule has 0 aliphatic heterocycles. The van der Waals surface area contributed by atoms with Gasteiger partial charge >= 0.3 is 0 Å². The minimum Gasteiger partial charge on any atom is -0.384 e. The second-order valence-electron chi connectivity index (χ2n) is 6.27. The van der Waals surface area contributed by atoms with Gasteiger partial charge < -0.3 is 10.4 Å². The Labute approximate surface area is 155 Å². The molecule has 25 heavy (non-hydrogen) atoms. The Bertz CT molecular complexity index is 954. The Hall–Kier alpha value is -2.08. The van der Waals surface area contributed by atoms with Gasteiger partial charge in [-0.25, -0.2) is 4.98 Å². The second kappa shape index (κ2) is 6.33. The normalized spacial score (nSPS) is 11.8. The number of rotatable bonds is 3. The predicted molar refractivity (Wildman–Crippen MR) is 99.6 cm³/mol. The fraction of sp³-hybridized carbons (Fsp3) is 0.222. The number of aliphatic hydroxyl groups is 1. The van der Waals surface area contributed by atoms with Crippen LogP contribution in [0.1, 0.15) is 35.6 Å². The van der Waals surface area contributed by atoms with E-state index in [2.05, 4.69) is 10.3 Å². The van der Waals surface area contributed by atoms with E-state index in [0.29, 0.717) is 22.7 Å². The summed E-state index contributed by atoms with van der Waals surface area (Å²) >= 11 is 12.2. The van der Waals surface area contributed by atoms with E-state index in [0.717, 1.165) is 0 Å². The third-order valence-electron chi connectivity index (χ3n) is 3.84. The lowest BCUT2D eigenvalue weighted by atomic mass is 10.0. The summed E-state index contributed by atoms with van der Waals surface area (Å²) < 4.78 is 1.76. The zero-order chi connectivity index (χ0) is 18.4. The first-order chi connectivity index (χ1) is 11.7. The first-order valence-electron chi connectivity index (χ1n) is 7.66. The van der Waals surface area contributed by atoms with Crippen molar-refractivity contribution in [3.05, 3.63) is 63.5 Å². The summed E-state index contributed by atoms with van der Waals surface area (Å²) in [4.78, 5) is 17.1. The second-order valence-corrected chi connectivity index (χ2v) is 7.09. The Morgan fingerprint density at radius 1 is 1.20 bits per heavy atom. The maximum absolute atomic E-state index is 12.6. The van der Waals surface area contributed by atoms with E-state index in [9.17, 15) is 9.90 Å². The average molecular weight is 378 g/mol. The van der Waals surface area contributed by atoms with Crippen molar-refractivity contribution in [2.45, 2.75) is 26.4 Å². The minimum absolute atomic E-state index is 0.207. The van der Waals surface area contributed by atoms with Crippen LogP contribution in [0.15, 0.2) is 36.5 Å². The van der Waals surface area contributed by atoms with Crippen molar-refractivity contribution in [3.63, 3.8) is 0 Å². The van der Waals surface area contributed by atoms with Gasteiger partial charge in [0.05, 0.1) is 32.7 Å². The molecule has 0 aliphatic rings. The number of halogens is 2. The summed E-state index contributed by atoms with van der Waals surface area (Å²) in [6.45, 7) is 5.20. The number of hydrogen-bond acceptors (Lipinski definition) is 3. The molecule has 0 radical (unpaired) electrons. The number of benzene rings is 1. The zero-order valence-corrected chi connectivity index (χ0v) is 15.5. The monoisotopic (exact) mass is 377 g/mol. The van der Waals surface area contributed by atoms with E-state index in [4.69, 9.17) is 23.2 Å². The number of amides is 1. The number of carbonyl (C=O) groups excluding carboxylic acids is 1. The molecule has 0 spiro atoms. The Kier molecular flexibility index (Phi) is 4.49. The van der Waals surface area contributed by atoms with E-state index in [1.54, 1.807) is 54.8 Å². The highest BCUT2D eigenvalue weighted by Crippen LogP contribution is 2.29. The van der Waals surface area contributed by atoms with Crippen molar-refractivity contribution in [1.82, 2.24) is 9.38 Å². The third kappa shape index (κ3) is 3.23. The third-order valence-corrected chi connectivity index (χ3v) is 4.47.